The summed E-state index contributed by atoms with van der Waals surface area (Å²) in [5.74, 6) is -0.308. The highest BCUT2D eigenvalue weighted by Gasteiger charge is 2.33. The molecule has 2 aromatic carbocycles. The van der Waals surface area contributed by atoms with Gasteiger partial charge in [-0.05, 0) is 30.5 Å². The molecule has 2 aliphatic rings. The van der Waals surface area contributed by atoms with Crippen molar-refractivity contribution < 1.29 is 9.18 Å². The van der Waals surface area contributed by atoms with Crippen molar-refractivity contribution in [1.29, 1.82) is 5.26 Å². The molecule has 1 saturated carbocycles. The fraction of sp³-hybridized carbons (Fsp3) is 0.391. The van der Waals surface area contributed by atoms with Crippen LogP contribution in [0.1, 0.15) is 24.0 Å². The predicted molar refractivity (Wildman–Crippen MR) is 110 cm³/mol. The maximum Gasteiger partial charge on any atom is 0.237 e. The van der Waals surface area contributed by atoms with E-state index in [-0.39, 0.29) is 11.5 Å². The van der Waals surface area contributed by atoms with Crippen molar-refractivity contribution in [2.75, 3.05) is 37.6 Å². The summed E-state index contributed by atoms with van der Waals surface area (Å²) >= 11 is 0. The van der Waals surface area contributed by atoms with Gasteiger partial charge < -0.3 is 9.80 Å². The van der Waals surface area contributed by atoms with Crippen molar-refractivity contribution in [2.45, 2.75) is 25.4 Å². The van der Waals surface area contributed by atoms with Crippen LogP contribution < -0.4 is 4.90 Å². The van der Waals surface area contributed by atoms with Gasteiger partial charge in [0, 0.05) is 38.8 Å². The maximum atomic E-state index is 13.9. The molecule has 0 unspecified atom stereocenters. The molecule has 1 heterocycles. The van der Waals surface area contributed by atoms with Crippen LogP contribution >= 0.6 is 0 Å². The number of nitriles is 1. The van der Waals surface area contributed by atoms with Crippen LogP contribution in [0.15, 0.2) is 48.5 Å². The van der Waals surface area contributed by atoms with Gasteiger partial charge in [0.05, 0.1) is 12.2 Å². The van der Waals surface area contributed by atoms with Crippen molar-refractivity contribution in [1.82, 2.24) is 9.80 Å². The lowest BCUT2D eigenvalue weighted by molar-refractivity contribution is -0.133. The Balaban J connectivity index is 1.35. The topological polar surface area (TPSA) is 50.6 Å². The summed E-state index contributed by atoms with van der Waals surface area (Å²) in [6.45, 7) is 3.86. The van der Waals surface area contributed by atoms with Gasteiger partial charge in [-0.3, -0.25) is 9.69 Å². The maximum absolute atomic E-state index is 13.9. The molecule has 1 aliphatic heterocycles. The van der Waals surface area contributed by atoms with Crippen LogP contribution in [0.3, 0.4) is 0 Å². The van der Waals surface area contributed by atoms with Crippen LogP contribution in [-0.4, -0.2) is 54.5 Å². The Kier molecular flexibility index (Phi) is 5.77. The lowest BCUT2D eigenvalue weighted by atomic mass is 10.1. The Morgan fingerprint density at radius 2 is 1.79 bits per heavy atom. The minimum absolute atomic E-state index is 0.0970. The number of amides is 1. The Morgan fingerprint density at radius 1 is 1.07 bits per heavy atom. The summed E-state index contributed by atoms with van der Waals surface area (Å²) in [4.78, 5) is 19.2. The predicted octanol–water partition coefficient (Wildman–Crippen LogP) is 3.01. The highest BCUT2D eigenvalue weighted by molar-refractivity contribution is 5.79. The molecule has 0 atom stereocenters. The van der Waals surface area contributed by atoms with Gasteiger partial charge in [0.2, 0.25) is 5.91 Å². The largest absolute Gasteiger partial charge is 0.368 e. The minimum atomic E-state index is -0.483. The van der Waals surface area contributed by atoms with Crippen LogP contribution in [0.5, 0.6) is 0 Å². The third-order valence-corrected chi connectivity index (χ3v) is 5.68. The van der Waals surface area contributed by atoms with Gasteiger partial charge in [0.15, 0.2) is 0 Å². The zero-order valence-corrected chi connectivity index (χ0v) is 16.4. The van der Waals surface area contributed by atoms with Crippen LogP contribution in [0, 0.1) is 17.1 Å². The number of carbonyl (C=O) groups is 1. The third kappa shape index (κ3) is 4.57. The summed E-state index contributed by atoms with van der Waals surface area (Å²) < 4.78 is 13.9. The molecule has 0 bridgehead atoms. The average Bonchev–Trinajstić information content (AvgIpc) is 3.58. The lowest BCUT2D eigenvalue weighted by Gasteiger charge is -2.37. The highest BCUT2D eigenvalue weighted by Crippen LogP contribution is 2.29. The first-order chi connectivity index (χ1) is 14.2. The van der Waals surface area contributed by atoms with Crippen LogP contribution in [-0.2, 0) is 11.3 Å². The number of carbonyl (C=O) groups excluding carboxylic acids is 1. The highest BCUT2D eigenvalue weighted by atomic mass is 19.1. The normalized spacial score (nSPS) is 17.0. The number of halogens is 1. The van der Waals surface area contributed by atoms with Gasteiger partial charge in [-0.15, -0.1) is 0 Å². The number of anilines is 1. The zero-order valence-electron chi connectivity index (χ0n) is 16.4. The average molecular weight is 392 g/mol. The fourth-order valence-corrected chi connectivity index (χ4v) is 3.90. The fourth-order valence-electron chi connectivity index (χ4n) is 3.90. The van der Waals surface area contributed by atoms with Gasteiger partial charge in [-0.2, -0.15) is 5.26 Å². The number of nitrogens with zero attached hydrogens (tertiary/aromatic N) is 4. The minimum Gasteiger partial charge on any atom is -0.368 e. The van der Waals surface area contributed by atoms with E-state index in [0.717, 1.165) is 31.5 Å². The van der Waals surface area contributed by atoms with Crippen molar-refractivity contribution in [3.63, 3.8) is 0 Å². The van der Waals surface area contributed by atoms with Gasteiger partial charge in [-0.1, -0.05) is 36.4 Å². The summed E-state index contributed by atoms with van der Waals surface area (Å²) in [5, 5.41) is 9.26. The summed E-state index contributed by atoms with van der Waals surface area (Å²) in [6.07, 6.45) is 2.17. The summed E-state index contributed by atoms with van der Waals surface area (Å²) in [6, 6.07) is 17.2. The quantitative estimate of drug-likeness (QED) is 0.758. The zero-order chi connectivity index (χ0) is 20.2. The molecule has 0 aromatic heterocycles. The first-order valence-corrected chi connectivity index (χ1v) is 10.1. The number of piperazine rings is 1. The number of hydrogen-bond acceptors (Lipinski definition) is 4. The van der Waals surface area contributed by atoms with Crippen molar-refractivity contribution >= 4 is 11.6 Å². The van der Waals surface area contributed by atoms with Crippen LogP contribution in [0.2, 0.25) is 0 Å². The van der Waals surface area contributed by atoms with Crippen molar-refractivity contribution in [3.05, 3.63) is 65.5 Å². The van der Waals surface area contributed by atoms with Gasteiger partial charge >= 0.3 is 0 Å². The van der Waals surface area contributed by atoms with Crippen molar-refractivity contribution in [3.8, 4) is 6.07 Å². The Labute approximate surface area is 170 Å². The molecular weight excluding hydrogens is 367 g/mol. The molecule has 150 valence electrons. The van der Waals surface area contributed by atoms with E-state index < -0.39 is 5.82 Å². The van der Waals surface area contributed by atoms with E-state index in [2.05, 4.69) is 17.0 Å². The number of hydrogen-bond donors (Lipinski definition) is 0. The van der Waals surface area contributed by atoms with E-state index in [1.165, 1.54) is 6.07 Å². The molecule has 2 fully saturated rings. The SMILES string of the molecule is N#Cc1c(F)cccc1N1CCN(CC(=O)N(Cc2ccccc2)C2CC2)CC1. The van der Waals surface area contributed by atoms with Gasteiger partial charge in [0.1, 0.15) is 17.4 Å². The van der Waals surface area contributed by atoms with Crippen molar-refractivity contribution in [2.24, 2.45) is 0 Å². The monoisotopic (exact) mass is 392 g/mol. The van der Waals surface area contributed by atoms with E-state index in [9.17, 15) is 14.4 Å². The van der Waals surface area contributed by atoms with Crippen LogP contribution in [0.25, 0.3) is 0 Å². The molecule has 0 radical (unpaired) electrons. The Morgan fingerprint density at radius 3 is 2.45 bits per heavy atom. The van der Waals surface area contributed by atoms with E-state index in [0.29, 0.717) is 37.9 Å². The standard InChI is InChI=1S/C23H25FN4O/c24-21-7-4-8-22(20(21)15-25)27-13-11-26(12-14-27)17-23(29)28(19-9-10-19)16-18-5-2-1-3-6-18/h1-8,19H,9-14,16-17H2. The van der Waals surface area contributed by atoms with Gasteiger partial charge in [0.25, 0.3) is 0 Å². The molecule has 2 aromatic rings. The first kappa shape index (κ1) is 19.4. The second-order valence-electron chi connectivity index (χ2n) is 7.75. The lowest BCUT2D eigenvalue weighted by Crippen LogP contribution is -2.50. The molecule has 5 nitrogen and oxygen atoms in total. The molecular formula is C23H25FN4O. The van der Waals surface area contributed by atoms with E-state index in [4.69, 9.17) is 0 Å². The molecule has 1 saturated heterocycles. The molecule has 6 heteroatoms. The molecule has 0 N–H and O–H groups in total. The molecule has 1 aliphatic carbocycles. The Bertz CT molecular complexity index is 899. The smallest absolute Gasteiger partial charge is 0.237 e. The summed E-state index contributed by atoms with van der Waals surface area (Å²) in [7, 11) is 0. The van der Waals surface area contributed by atoms with E-state index >= 15 is 0 Å². The molecule has 4 rings (SSSR count). The molecule has 0 spiro atoms. The number of benzene rings is 2. The second kappa shape index (κ2) is 8.62. The van der Waals surface area contributed by atoms with E-state index in [1.807, 2.05) is 34.1 Å². The van der Waals surface area contributed by atoms with E-state index in [1.54, 1.807) is 12.1 Å². The summed E-state index contributed by atoms with van der Waals surface area (Å²) in [5.41, 5.74) is 1.90. The van der Waals surface area contributed by atoms with Gasteiger partial charge in [-0.25, -0.2) is 4.39 Å². The second-order valence-corrected chi connectivity index (χ2v) is 7.75. The third-order valence-electron chi connectivity index (χ3n) is 5.68. The first-order valence-electron chi connectivity index (χ1n) is 10.1. The molecule has 1 amide bonds. The van der Waals surface area contributed by atoms with Crippen LogP contribution in [0.4, 0.5) is 10.1 Å². The molecule has 29 heavy (non-hydrogen) atoms. The Hall–Kier alpha value is -2.91. The number of rotatable bonds is 6.